The molecule has 0 aliphatic heterocycles. The van der Waals surface area contributed by atoms with Gasteiger partial charge in [-0.15, -0.1) is 0 Å². The fourth-order valence-electron chi connectivity index (χ4n) is 1.78. The fraction of sp³-hybridized carbons (Fsp3) is 0.143. The van der Waals surface area contributed by atoms with E-state index in [-0.39, 0.29) is 11.4 Å². The van der Waals surface area contributed by atoms with Gasteiger partial charge in [0.05, 0.1) is 10.6 Å². The van der Waals surface area contributed by atoms with Crippen LogP contribution in [0, 0.1) is 6.92 Å². The highest BCUT2D eigenvalue weighted by molar-refractivity contribution is 9.10. The van der Waals surface area contributed by atoms with Crippen LogP contribution in [-0.2, 0) is 16.6 Å². The summed E-state index contributed by atoms with van der Waals surface area (Å²) in [6.45, 7) is 2.09. The highest BCUT2D eigenvalue weighted by Gasteiger charge is 2.17. The molecule has 0 saturated carbocycles. The van der Waals surface area contributed by atoms with Gasteiger partial charge in [0.1, 0.15) is 0 Å². The van der Waals surface area contributed by atoms with Crippen LogP contribution in [0.2, 0.25) is 5.02 Å². The Balaban J connectivity index is 2.39. The molecule has 112 valence electrons. The van der Waals surface area contributed by atoms with Gasteiger partial charge in [-0.25, -0.2) is 8.42 Å². The Bertz CT molecular complexity index is 779. The van der Waals surface area contributed by atoms with Crippen molar-refractivity contribution in [2.45, 2.75) is 18.4 Å². The topological polar surface area (TPSA) is 72.2 Å². The van der Waals surface area contributed by atoms with Crippen molar-refractivity contribution in [2.24, 2.45) is 5.73 Å². The molecule has 0 aliphatic rings. The Hall–Kier alpha value is -1.08. The lowest BCUT2D eigenvalue weighted by atomic mass is 10.2. The minimum absolute atomic E-state index is 0.101. The highest BCUT2D eigenvalue weighted by atomic mass is 79.9. The second-order valence-corrected chi connectivity index (χ2v) is 7.42. The molecule has 3 N–H and O–H groups in total. The van der Waals surface area contributed by atoms with Gasteiger partial charge >= 0.3 is 0 Å². The zero-order valence-electron chi connectivity index (χ0n) is 11.2. The predicted molar refractivity (Wildman–Crippen MR) is 89.0 cm³/mol. The van der Waals surface area contributed by atoms with Crippen LogP contribution in [0.1, 0.15) is 11.1 Å². The first-order valence-corrected chi connectivity index (χ1v) is 8.77. The maximum atomic E-state index is 12.4. The van der Waals surface area contributed by atoms with Crippen molar-refractivity contribution in [1.82, 2.24) is 0 Å². The van der Waals surface area contributed by atoms with Gasteiger partial charge in [-0.05, 0) is 42.3 Å². The maximum absolute atomic E-state index is 12.4. The van der Waals surface area contributed by atoms with Crippen molar-refractivity contribution in [3.8, 4) is 0 Å². The quantitative estimate of drug-likeness (QED) is 0.838. The molecule has 21 heavy (non-hydrogen) atoms. The van der Waals surface area contributed by atoms with Gasteiger partial charge in [0.25, 0.3) is 10.0 Å². The Kier molecular flexibility index (Phi) is 4.93. The average Bonchev–Trinajstić information content (AvgIpc) is 2.43. The third-order valence-electron chi connectivity index (χ3n) is 3.07. The molecule has 0 bridgehead atoms. The van der Waals surface area contributed by atoms with Crippen molar-refractivity contribution in [3.05, 3.63) is 57.0 Å². The lowest BCUT2D eigenvalue weighted by Crippen LogP contribution is -2.14. The summed E-state index contributed by atoms with van der Waals surface area (Å²) in [5, 5.41) is 0.339. The lowest BCUT2D eigenvalue weighted by Gasteiger charge is -2.12. The van der Waals surface area contributed by atoms with E-state index < -0.39 is 10.0 Å². The monoisotopic (exact) mass is 388 g/mol. The zero-order chi connectivity index (χ0) is 15.6. The Morgan fingerprint density at radius 2 is 2.00 bits per heavy atom. The van der Waals surface area contributed by atoms with Crippen LogP contribution in [0.5, 0.6) is 0 Å². The van der Waals surface area contributed by atoms with Crippen molar-refractivity contribution >= 4 is 43.2 Å². The van der Waals surface area contributed by atoms with Crippen molar-refractivity contribution < 1.29 is 8.42 Å². The normalized spacial score (nSPS) is 11.4. The van der Waals surface area contributed by atoms with E-state index in [0.29, 0.717) is 16.3 Å². The first kappa shape index (κ1) is 16.3. The SMILES string of the molecule is Cc1c(Br)cccc1NS(=O)(=O)c1ccc(CN)c(Cl)c1. The second kappa shape index (κ2) is 6.36. The summed E-state index contributed by atoms with van der Waals surface area (Å²) in [7, 11) is -3.70. The van der Waals surface area contributed by atoms with Gasteiger partial charge in [-0.1, -0.05) is 39.7 Å². The molecule has 2 rings (SSSR count). The first-order valence-electron chi connectivity index (χ1n) is 6.11. The van der Waals surface area contributed by atoms with E-state index in [1.54, 1.807) is 18.2 Å². The number of sulfonamides is 1. The molecule has 0 radical (unpaired) electrons. The third-order valence-corrected chi connectivity index (χ3v) is 5.64. The molecule has 0 amide bonds. The minimum Gasteiger partial charge on any atom is -0.326 e. The number of rotatable bonds is 4. The van der Waals surface area contributed by atoms with Crippen molar-refractivity contribution in [1.29, 1.82) is 0 Å². The van der Waals surface area contributed by atoms with Crippen LogP contribution >= 0.6 is 27.5 Å². The second-order valence-electron chi connectivity index (χ2n) is 4.48. The summed E-state index contributed by atoms with van der Waals surface area (Å²) >= 11 is 9.39. The summed E-state index contributed by atoms with van der Waals surface area (Å²) in [6.07, 6.45) is 0. The van der Waals surface area contributed by atoms with Gasteiger partial charge in [0.15, 0.2) is 0 Å². The molecule has 0 heterocycles. The van der Waals surface area contributed by atoms with Crippen LogP contribution in [0.4, 0.5) is 5.69 Å². The molecular weight excluding hydrogens is 376 g/mol. The van der Waals surface area contributed by atoms with E-state index in [2.05, 4.69) is 20.7 Å². The van der Waals surface area contributed by atoms with Crippen LogP contribution in [0.3, 0.4) is 0 Å². The standard InChI is InChI=1S/C14H14BrClN2O2S/c1-9-12(15)3-2-4-14(9)18-21(19,20)11-6-5-10(8-17)13(16)7-11/h2-7,18H,8,17H2,1H3. The number of nitrogens with two attached hydrogens (primary N) is 1. The molecule has 4 nitrogen and oxygen atoms in total. The van der Waals surface area contributed by atoms with Crippen LogP contribution in [0.15, 0.2) is 45.8 Å². The Labute approximate surface area is 137 Å². The Morgan fingerprint density at radius 1 is 1.29 bits per heavy atom. The lowest BCUT2D eigenvalue weighted by molar-refractivity contribution is 0.601. The number of nitrogens with one attached hydrogen (secondary N) is 1. The molecule has 0 fully saturated rings. The molecule has 0 unspecified atom stereocenters. The van der Waals surface area contributed by atoms with E-state index in [9.17, 15) is 8.42 Å². The summed E-state index contributed by atoms with van der Waals surface area (Å²) in [4.78, 5) is 0.101. The molecule has 2 aromatic carbocycles. The molecule has 0 aromatic heterocycles. The maximum Gasteiger partial charge on any atom is 0.261 e. The van der Waals surface area contributed by atoms with E-state index >= 15 is 0 Å². The number of halogens is 2. The minimum atomic E-state index is -3.70. The van der Waals surface area contributed by atoms with Gasteiger partial charge in [0, 0.05) is 16.0 Å². The molecule has 7 heteroatoms. The fourth-order valence-corrected chi connectivity index (χ4v) is 3.62. The van der Waals surface area contributed by atoms with Crippen molar-refractivity contribution in [2.75, 3.05) is 4.72 Å². The third kappa shape index (κ3) is 3.58. The summed E-state index contributed by atoms with van der Waals surface area (Å²) in [6, 6.07) is 9.82. The summed E-state index contributed by atoms with van der Waals surface area (Å²) in [5.41, 5.74) is 7.55. The highest BCUT2D eigenvalue weighted by Crippen LogP contribution is 2.27. The first-order chi connectivity index (χ1) is 9.85. The Morgan fingerprint density at radius 3 is 2.62 bits per heavy atom. The van der Waals surface area contributed by atoms with Crippen LogP contribution < -0.4 is 10.5 Å². The molecule has 0 saturated heterocycles. The average molecular weight is 390 g/mol. The zero-order valence-corrected chi connectivity index (χ0v) is 14.4. The van der Waals surface area contributed by atoms with Gasteiger partial charge in [-0.3, -0.25) is 4.72 Å². The van der Waals surface area contributed by atoms with E-state index in [1.807, 2.05) is 13.0 Å². The van der Waals surface area contributed by atoms with Gasteiger partial charge < -0.3 is 5.73 Å². The smallest absolute Gasteiger partial charge is 0.261 e. The van der Waals surface area contributed by atoms with Crippen LogP contribution in [0.25, 0.3) is 0 Å². The summed E-state index contributed by atoms with van der Waals surface area (Å²) < 4.78 is 28.2. The molecule has 0 spiro atoms. The van der Waals surface area contributed by atoms with Crippen molar-refractivity contribution in [3.63, 3.8) is 0 Å². The van der Waals surface area contributed by atoms with Gasteiger partial charge in [-0.2, -0.15) is 0 Å². The molecule has 0 aliphatic carbocycles. The number of anilines is 1. The number of hydrogen-bond donors (Lipinski definition) is 2. The van der Waals surface area contributed by atoms with E-state index in [4.69, 9.17) is 17.3 Å². The summed E-state index contributed by atoms with van der Waals surface area (Å²) in [5.74, 6) is 0. The largest absolute Gasteiger partial charge is 0.326 e. The molecule has 2 aromatic rings. The van der Waals surface area contributed by atoms with Gasteiger partial charge in [0.2, 0.25) is 0 Å². The van der Waals surface area contributed by atoms with Crippen LogP contribution in [-0.4, -0.2) is 8.42 Å². The number of hydrogen-bond acceptors (Lipinski definition) is 3. The van der Waals surface area contributed by atoms with E-state index in [0.717, 1.165) is 10.0 Å². The van der Waals surface area contributed by atoms with E-state index in [1.165, 1.54) is 12.1 Å². The number of benzene rings is 2. The molecule has 0 atom stereocenters. The predicted octanol–water partition coefficient (Wildman–Crippen LogP) is 3.67. The molecular formula is C14H14BrClN2O2S.